The molecule has 2 aromatic heterocycles. The third-order valence-corrected chi connectivity index (χ3v) is 3.58. The summed E-state index contributed by atoms with van der Waals surface area (Å²) in [4.78, 5) is 8.59. The Hall–Kier alpha value is -1.99. The highest BCUT2D eigenvalue weighted by molar-refractivity contribution is 7.00. The number of fused-ring (bicyclic) bond motifs is 1. The lowest BCUT2D eigenvalue weighted by Crippen LogP contribution is -2.01. The van der Waals surface area contributed by atoms with Gasteiger partial charge in [0, 0.05) is 13.1 Å². The zero-order valence-electron chi connectivity index (χ0n) is 10.8. The molecule has 0 atom stereocenters. The van der Waals surface area contributed by atoms with Crippen molar-refractivity contribution in [1.29, 1.82) is 0 Å². The number of aromatic nitrogens is 4. The first kappa shape index (κ1) is 13.0. The maximum atomic E-state index is 6.24. The lowest BCUT2D eigenvalue weighted by Gasteiger charge is -2.10. The zero-order valence-corrected chi connectivity index (χ0v) is 12.4. The fraction of sp³-hybridized carbons (Fsp3) is 0.167. The Morgan fingerprint density at radius 3 is 2.75 bits per heavy atom. The molecule has 8 heteroatoms. The third kappa shape index (κ3) is 2.37. The molecule has 0 aliphatic heterocycles. The van der Waals surface area contributed by atoms with E-state index in [4.69, 9.17) is 11.6 Å². The minimum absolute atomic E-state index is 0.576. The molecule has 2 heterocycles. The first-order valence-corrected chi connectivity index (χ1v) is 6.99. The standard InChI is InChI=1S/C12H11ClN6S/c1-6-15-9(14-2)5-10(16-6)17-11-7(13)3-4-8-12(11)19-20-18-8/h3-5H,1-2H3,(H2,14,15,16,17). The van der Waals surface area contributed by atoms with Crippen LogP contribution in [0.2, 0.25) is 5.02 Å². The maximum Gasteiger partial charge on any atom is 0.136 e. The van der Waals surface area contributed by atoms with E-state index in [1.54, 1.807) is 6.07 Å². The smallest absolute Gasteiger partial charge is 0.136 e. The quantitative estimate of drug-likeness (QED) is 0.774. The summed E-state index contributed by atoms with van der Waals surface area (Å²) in [5.41, 5.74) is 2.25. The minimum Gasteiger partial charge on any atom is -0.373 e. The van der Waals surface area contributed by atoms with E-state index < -0.39 is 0 Å². The van der Waals surface area contributed by atoms with Gasteiger partial charge in [0.15, 0.2) is 0 Å². The van der Waals surface area contributed by atoms with Crippen LogP contribution in [0.15, 0.2) is 18.2 Å². The Kier molecular flexibility index (Phi) is 3.37. The molecular formula is C12H11ClN6S. The molecule has 0 unspecified atom stereocenters. The number of nitrogens with zero attached hydrogens (tertiary/aromatic N) is 4. The van der Waals surface area contributed by atoms with Gasteiger partial charge in [-0.05, 0) is 19.1 Å². The number of nitrogens with one attached hydrogen (secondary N) is 2. The van der Waals surface area contributed by atoms with E-state index >= 15 is 0 Å². The molecule has 0 spiro atoms. The van der Waals surface area contributed by atoms with Crippen molar-refractivity contribution in [3.05, 3.63) is 29.0 Å². The topological polar surface area (TPSA) is 75.6 Å². The van der Waals surface area contributed by atoms with E-state index in [-0.39, 0.29) is 0 Å². The van der Waals surface area contributed by atoms with Crippen molar-refractivity contribution in [1.82, 2.24) is 18.7 Å². The Morgan fingerprint density at radius 2 is 1.95 bits per heavy atom. The first-order valence-electron chi connectivity index (χ1n) is 5.88. The summed E-state index contributed by atoms with van der Waals surface area (Å²) in [7, 11) is 1.81. The average molecular weight is 307 g/mol. The molecule has 0 amide bonds. The lowest BCUT2D eigenvalue weighted by molar-refractivity contribution is 1.06. The predicted molar refractivity (Wildman–Crippen MR) is 82.0 cm³/mol. The van der Waals surface area contributed by atoms with Crippen molar-refractivity contribution in [2.45, 2.75) is 6.92 Å². The van der Waals surface area contributed by atoms with Crippen molar-refractivity contribution >= 4 is 51.7 Å². The summed E-state index contributed by atoms with van der Waals surface area (Å²) in [6.45, 7) is 1.83. The number of anilines is 3. The van der Waals surface area contributed by atoms with Crippen molar-refractivity contribution < 1.29 is 0 Å². The molecule has 0 aliphatic rings. The van der Waals surface area contributed by atoms with Crippen LogP contribution in [-0.2, 0) is 0 Å². The van der Waals surface area contributed by atoms with E-state index in [0.717, 1.165) is 28.6 Å². The number of rotatable bonds is 3. The molecule has 0 fully saturated rings. The largest absolute Gasteiger partial charge is 0.373 e. The first-order chi connectivity index (χ1) is 9.67. The van der Waals surface area contributed by atoms with Gasteiger partial charge in [0.25, 0.3) is 0 Å². The molecule has 1 aromatic carbocycles. The van der Waals surface area contributed by atoms with E-state index in [1.165, 1.54) is 0 Å². The molecule has 0 radical (unpaired) electrons. The van der Waals surface area contributed by atoms with Crippen LogP contribution in [0.3, 0.4) is 0 Å². The van der Waals surface area contributed by atoms with E-state index in [0.29, 0.717) is 22.4 Å². The van der Waals surface area contributed by atoms with Crippen molar-refractivity contribution in [2.24, 2.45) is 0 Å². The lowest BCUT2D eigenvalue weighted by atomic mass is 10.2. The van der Waals surface area contributed by atoms with Crippen LogP contribution in [0.4, 0.5) is 17.3 Å². The Morgan fingerprint density at radius 1 is 1.15 bits per heavy atom. The fourth-order valence-corrected chi connectivity index (χ4v) is 2.58. The minimum atomic E-state index is 0.576. The third-order valence-electron chi connectivity index (χ3n) is 2.72. The number of benzene rings is 1. The molecule has 0 saturated carbocycles. The zero-order chi connectivity index (χ0) is 14.1. The van der Waals surface area contributed by atoms with Crippen LogP contribution in [-0.4, -0.2) is 25.8 Å². The summed E-state index contributed by atoms with van der Waals surface area (Å²) in [6, 6.07) is 5.44. The molecule has 3 aromatic rings. The van der Waals surface area contributed by atoms with Crippen LogP contribution in [0.5, 0.6) is 0 Å². The number of hydrogen-bond acceptors (Lipinski definition) is 7. The van der Waals surface area contributed by atoms with Crippen molar-refractivity contribution in [3.8, 4) is 0 Å². The predicted octanol–water partition coefficient (Wildman–Crippen LogP) is 3.23. The second-order valence-electron chi connectivity index (χ2n) is 4.11. The van der Waals surface area contributed by atoms with Crippen LogP contribution in [0.1, 0.15) is 5.82 Å². The van der Waals surface area contributed by atoms with Gasteiger partial charge in [0.1, 0.15) is 28.5 Å². The molecule has 0 aliphatic carbocycles. The SMILES string of the molecule is CNc1cc(Nc2c(Cl)ccc3nsnc23)nc(C)n1. The van der Waals surface area contributed by atoms with Gasteiger partial charge in [-0.2, -0.15) is 8.75 Å². The van der Waals surface area contributed by atoms with Gasteiger partial charge in [-0.3, -0.25) is 0 Å². The summed E-state index contributed by atoms with van der Waals surface area (Å²) in [5.74, 6) is 2.06. The van der Waals surface area contributed by atoms with E-state index in [9.17, 15) is 0 Å². The molecule has 0 saturated heterocycles. The van der Waals surface area contributed by atoms with Crippen LogP contribution in [0, 0.1) is 6.92 Å². The summed E-state index contributed by atoms with van der Waals surface area (Å²) in [6.07, 6.45) is 0. The normalized spacial score (nSPS) is 10.8. The highest BCUT2D eigenvalue weighted by Crippen LogP contribution is 2.32. The van der Waals surface area contributed by atoms with E-state index in [2.05, 4.69) is 29.3 Å². The van der Waals surface area contributed by atoms with Gasteiger partial charge in [-0.1, -0.05) is 11.6 Å². The second kappa shape index (κ2) is 5.18. The van der Waals surface area contributed by atoms with Crippen LogP contribution < -0.4 is 10.6 Å². The molecule has 0 bridgehead atoms. The summed E-state index contributed by atoms with van der Waals surface area (Å²) in [5, 5.41) is 6.77. The van der Waals surface area contributed by atoms with Crippen LogP contribution in [0.25, 0.3) is 11.0 Å². The second-order valence-corrected chi connectivity index (χ2v) is 5.05. The van der Waals surface area contributed by atoms with Crippen molar-refractivity contribution in [2.75, 3.05) is 17.7 Å². The maximum absolute atomic E-state index is 6.24. The molecule has 3 rings (SSSR count). The van der Waals surface area contributed by atoms with Gasteiger partial charge in [0.05, 0.1) is 22.4 Å². The average Bonchev–Trinajstić information content (AvgIpc) is 2.90. The molecule has 6 nitrogen and oxygen atoms in total. The highest BCUT2D eigenvalue weighted by Gasteiger charge is 2.11. The Bertz CT molecular complexity index is 772. The molecular weight excluding hydrogens is 296 g/mol. The summed E-state index contributed by atoms with van der Waals surface area (Å²) >= 11 is 7.39. The molecule has 2 N–H and O–H groups in total. The van der Waals surface area contributed by atoms with Crippen molar-refractivity contribution in [3.63, 3.8) is 0 Å². The molecule has 102 valence electrons. The van der Waals surface area contributed by atoms with Gasteiger partial charge < -0.3 is 10.6 Å². The number of halogens is 1. The fourth-order valence-electron chi connectivity index (χ4n) is 1.83. The van der Waals surface area contributed by atoms with E-state index in [1.807, 2.05) is 26.1 Å². The Balaban J connectivity index is 2.07. The summed E-state index contributed by atoms with van der Waals surface area (Å²) < 4.78 is 8.47. The van der Waals surface area contributed by atoms with Gasteiger partial charge in [-0.15, -0.1) is 0 Å². The van der Waals surface area contributed by atoms with Gasteiger partial charge in [0.2, 0.25) is 0 Å². The number of aryl methyl sites for hydroxylation is 1. The molecule has 20 heavy (non-hydrogen) atoms. The Labute approximate surface area is 124 Å². The van der Waals surface area contributed by atoms with Crippen LogP contribution >= 0.6 is 23.3 Å². The highest BCUT2D eigenvalue weighted by atomic mass is 35.5. The number of hydrogen-bond donors (Lipinski definition) is 2. The monoisotopic (exact) mass is 306 g/mol. The van der Waals surface area contributed by atoms with Gasteiger partial charge in [-0.25, -0.2) is 9.97 Å². The van der Waals surface area contributed by atoms with Gasteiger partial charge >= 0.3 is 0 Å².